The molecule has 1 fully saturated rings. The minimum Gasteiger partial charge on any atom is -0.481 e. The predicted molar refractivity (Wildman–Crippen MR) is 79.6 cm³/mol. The molecule has 0 unspecified atom stereocenters. The highest BCUT2D eigenvalue weighted by molar-refractivity contribution is 7.20. The number of aromatic nitrogens is 2. The van der Waals surface area contributed by atoms with E-state index in [-0.39, 0.29) is 5.91 Å². The van der Waals surface area contributed by atoms with E-state index in [1.807, 2.05) is 20.0 Å². The Morgan fingerprint density at radius 1 is 1.48 bits per heavy atom. The summed E-state index contributed by atoms with van der Waals surface area (Å²) in [4.78, 5) is 27.0. The first-order valence-corrected chi connectivity index (χ1v) is 7.74. The maximum atomic E-state index is 12.6. The Kier molecular flexibility index (Phi) is 3.44. The molecule has 1 N–H and O–H groups in total. The van der Waals surface area contributed by atoms with Gasteiger partial charge in [0.15, 0.2) is 0 Å². The Labute approximate surface area is 126 Å². The standard InChI is InChI=1S/C14H17N3O3S/c1-8-10-6-11(21-13(10)16(2)15-8)12(18)17-5-3-4-9(7-17)14(19)20/h6,9H,3-5,7H2,1-2H3,(H,19,20)/t9-/m1/s1. The number of amides is 1. The zero-order valence-electron chi connectivity index (χ0n) is 12.0. The van der Waals surface area contributed by atoms with Crippen molar-refractivity contribution in [2.45, 2.75) is 19.8 Å². The van der Waals surface area contributed by atoms with E-state index in [2.05, 4.69) is 5.10 Å². The molecule has 1 aliphatic rings. The third-order valence-corrected chi connectivity index (χ3v) is 5.15. The van der Waals surface area contributed by atoms with Crippen LogP contribution in [0.4, 0.5) is 0 Å². The Hall–Kier alpha value is -1.89. The van der Waals surface area contributed by atoms with Gasteiger partial charge >= 0.3 is 5.97 Å². The molecule has 3 rings (SSSR count). The van der Waals surface area contributed by atoms with E-state index in [9.17, 15) is 9.59 Å². The fourth-order valence-corrected chi connectivity index (χ4v) is 3.92. The fraction of sp³-hybridized carbons (Fsp3) is 0.500. The highest BCUT2D eigenvalue weighted by atomic mass is 32.1. The monoisotopic (exact) mass is 307 g/mol. The summed E-state index contributed by atoms with van der Waals surface area (Å²) in [7, 11) is 1.86. The Balaban J connectivity index is 1.86. The van der Waals surface area contributed by atoms with Crippen LogP contribution >= 0.6 is 11.3 Å². The lowest BCUT2D eigenvalue weighted by molar-refractivity contribution is -0.143. The number of rotatable bonds is 2. The molecular formula is C14H17N3O3S. The molecule has 7 heteroatoms. The third kappa shape index (κ3) is 2.42. The van der Waals surface area contributed by atoms with Gasteiger partial charge < -0.3 is 10.0 Å². The average molecular weight is 307 g/mol. The summed E-state index contributed by atoms with van der Waals surface area (Å²) >= 11 is 1.42. The molecule has 0 bridgehead atoms. The predicted octanol–water partition coefficient (Wildman–Crippen LogP) is 1.88. The number of aliphatic carboxylic acids is 1. The number of aryl methyl sites for hydroxylation is 2. The molecule has 112 valence electrons. The lowest BCUT2D eigenvalue weighted by Gasteiger charge is -2.30. The average Bonchev–Trinajstić information content (AvgIpc) is 3.01. The third-order valence-electron chi connectivity index (χ3n) is 3.96. The van der Waals surface area contributed by atoms with Crippen LogP contribution < -0.4 is 0 Å². The highest BCUT2D eigenvalue weighted by Gasteiger charge is 2.29. The van der Waals surface area contributed by atoms with Crippen molar-refractivity contribution in [3.8, 4) is 0 Å². The molecule has 1 aliphatic heterocycles. The first kappa shape index (κ1) is 14.1. The summed E-state index contributed by atoms with van der Waals surface area (Å²) < 4.78 is 1.78. The summed E-state index contributed by atoms with van der Waals surface area (Å²) in [6, 6.07) is 1.87. The van der Waals surface area contributed by atoms with Gasteiger partial charge in [0, 0.05) is 25.5 Å². The van der Waals surface area contributed by atoms with Crippen LogP contribution in [0.3, 0.4) is 0 Å². The number of carboxylic acids is 1. The molecule has 0 saturated carbocycles. The number of thiophene rings is 1. The van der Waals surface area contributed by atoms with Gasteiger partial charge in [0.25, 0.3) is 5.91 Å². The van der Waals surface area contributed by atoms with Gasteiger partial charge in [-0.2, -0.15) is 5.10 Å². The van der Waals surface area contributed by atoms with E-state index < -0.39 is 11.9 Å². The number of carbonyl (C=O) groups is 2. The second-order valence-electron chi connectivity index (χ2n) is 5.47. The van der Waals surface area contributed by atoms with Gasteiger partial charge in [-0.3, -0.25) is 14.3 Å². The maximum absolute atomic E-state index is 12.6. The van der Waals surface area contributed by atoms with Gasteiger partial charge in [-0.15, -0.1) is 11.3 Å². The second-order valence-corrected chi connectivity index (χ2v) is 6.50. The summed E-state index contributed by atoms with van der Waals surface area (Å²) in [6.45, 7) is 2.86. The van der Waals surface area contributed by atoms with Gasteiger partial charge in [-0.1, -0.05) is 0 Å². The van der Waals surface area contributed by atoms with E-state index >= 15 is 0 Å². The molecule has 21 heavy (non-hydrogen) atoms. The highest BCUT2D eigenvalue weighted by Crippen LogP contribution is 2.29. The summed E-state index contributed by atoms with van der Waals surface area (Å²) in [5, 5.41) is 14.4. The minimum atomic E-state index is -0.816. The van der Waals surface area contributed by atoms with Crippen molar-refractivity contribution in [1.82, 2.24) is 14.7 Å². The second kappa shape index (κ2) is 5.14. The van der Waals surface area contributed by atoms with Crippen LogP contribution in [0.2, 0.25) is 0 Å². The molecule has 6 nitrogen and oxygen atoms in total. The topological polar surface area (TPSA) is 75.4 Å². The molecule has 2 aromatic rings. The van der Waals surface area contributed by atoms with Crippen molar-refractivity contribution in [1.29, 1.82) is 0 Å². The molecule has 0 spiro atoms. The number of likely N-dealkylation sites (tertiary alicyclic amines) is 1. The van der Waals surface area contributed by atoms with E-state index in [4.69, 9.17) is 5.11 Å². The summed E-state index contributed by atoms with van der Waals surface area (Å²) in [6.07, 6.45) is 1.39. The van der Waals surface area contributed by atoms with Crippen molar-refractivity contribution in [2.24, 2.45) is 13.0 Å². The van der Waals surface area contributed by atoms with Gasteiger partial charge in [-0.25, -0.2) is 0 Å². The van der Waals surface area contributed by atoms with Crippen LogP contribution in [-0.2, 0) is 11.8 Å². The zero-order chi connectivity index (χ0) is 15.1. The minimum absolute atomic E-state index is 0.0680. The molecule has 0 aromatic carbocycles. The molecule has 0 aliphatic carbocycles. The van der Waals surface area contributed by atoms with Crippen molar-refractivity contribution in [3.05, 3.63) is 16.6 Å². The number of fused-ring (bicyclic) bond motifs is 1. The normalized spacial score (nSPS) is 19.1. The lowest BCUT2D eigenvalue weighted by atomic mass is 9.98. The molecule has 1 amide bonds. The van der Waals surface area contributed by atoms with Crippen LogP contribution in [0.15, 0.2) is 6.07 Å². The van der Waals surface area contributed by atoms with Gasteiger partial charge in [0.1, 0.15) is 4.83 Å². The van der Waals surface area contributed by atoms with Crippen molar-refractivity contribution < 1.29 is 14.7 Å². The quantitative estimate of drug-likeness (QED) is 0.919. The first-order chi connectivity index (χ1) is 9.97. The van der Waals surface area contributed by atoms with Gasteiger partial charge in [0.05, 0.1) is 16.5 Å². The Morgan fingerprint density at radius 3 is 2.90 bits per heavy atom. The van der Waals surface area contributed by atoms with Crippen LogP contribution in [0.1, 0.15) is 28.2 Å². The Bertz CT molecular complexity index is 684. The van der Waals surface area contributed by atoms with E-state index in [0.29, 0.717) is 24.4 Å². The number of hydrogen-bond acceptors (Lipinski definition) is 4. The van der Waals surface area contributed by atoms with Crippen molar-refractivity contribution >= 4 is 33.4 Å². The van der Waals surface area contributed by atoms with Crippen LogP contribution in [0.25, 0.3) is 10.2 Å². The number of hydrogen-bond donors (Lipinski definition) is 1. The van der Waals surface area contributed by atoms with Crippen LogP contribution in [0.5, 0.6) is 0 Å². The molecular weight excluding hydrogens is 290 g/mol. The molecule has 1 saturated heterocycles. The number of carbonyl (C=O) groups excluding carboxylic acids is 1. The van der Waals surface area contributed by atoms with E-state index in [1.54, 1.807) is 9.58 Å². The van der Waals surface area contributed by atoms with Gasteiger partial charge in [-0.05, 0) is 25.8 Å². The van der Waals surface area contributed by atoms with Crippen molar-refractivity contribution in [2.75, 3.05) is 13.1 Å². The SMILES string of the molecule is Cc1nn(C)c2sc(C(=O)N3CCC[C@@H](C(=O)O)C3)cc12. The van der Waals surface area contributed by atoms with Crippen molar-refractivity contribution in [3.63, 3.8) is 0 Å². The zero-order valence-corrected chi connectivity index (χ0v) is 12.8. The van der Waals surface area contributed by atoms with Crippen LogP contribution in [-0.4, -0.2) is 44.8 Å². The maximum Gasteiger partial charge on any atom is 0.308 e. The number of piperidine rings is 1. The first-order valence-electron chi connectivity index (χ1n) is 6.92. The van der Waals surface area contributed by atoms with Gasteiger partial charge in [0.2, 0.25) is 0 Å². The van der Waals surface area contributed by atoms with E-state index in [0.717, 1.165) is 22.3 Å². The Morgan fingerprint density at radius 2 is 2.24 bits per heavy atom. The number of nitrogens with zero attached hydrogens (tertiary/aromatic N) is 3. The molecule has 2 aromatic heterocycles. The lowest BCUT2D eigenvalue weighted by Crippen LogP contribution is -2.42. The smallest absolute Gasteiger partial charge is 0.308 e. The van der Waals surface area contributed by atoms with Crippen LogP contribution in [0, 0.1) is 12.8 Å². The number of carboxylic acid groups (broad SMARTS) is 1. The molecule has 0 radical (unpaired) electrons. The molecule has 3 heterocycles. The van der Waals surface area contributed by atoms with E-state index in [1.165, 1.54) is 11.3 Å². The fourth-order valence-electron chi connectivity index (χ4n) is 2.83. The summed E-state index contributed by atoms with van der Waals surface area (Å²) in [5.41, 5.74) is 0.907. The largest absolute Gasteiger partial charge is 0.481 e. The molecule has 1 atom stereocenters. The summed E-state index contributed by atoms with van der Waals surface area (Å²) in [5.74, 6) is -1.33.